The van der Waals surface area contributed by atoms with Crippen LogP contribution < -0.4 is 4.41 Å². The molecule has 126 valence electrons. The molecule has 1 atom stereocenters. The number of para-hydroxylation sites is 1. The summed E-state index contributed by atoms with van der Waals surface area (Å²) < 4.78 is 2.18. The first-order valence-electron chi connectivity index (χ1n) is 8.46. The number of hydrogen-bond donors (Lipinski definition) is 0. The highest BCUT2D eigenvalue weighted by Gasteiger charge is 2.34. The first kappa shape index (κ1) is 15.7. The molecular formula is C22H16N2S2. The molecular weight excluding hydrogens is 356 g/mol. The van der Waals surface area contributed by atoms with Gasteiger partial charge in [0.1, 0.15) is 5.71 Å². The normalized spacial score (nSPS) is 18.5. The van der Waals surface area contributed by atoms with E-state index in [1.54, 1.807) is 0 Å². The second-order valence-electron chi connectivity index (χ2n) is 6.00. The molecule has 4 heteroatoms. The Morgan fingerprint density at radius 3 is 1.92 bits per heavy atom. The lowest BCUT2D eigenvalue weighted by Crippen LogP contribution is -2.13. The summed E-state index contributed by atoms with van der Waals surface area (Å²) in [5.41, 5.74) is 5.93. The number of anilines is 1. The van der Waals surface area contributed by atoms with Crippen molar-refractivity contribution in [2.45, 2.75) is 0 Å². The van der Waals surface area contributed by atoms with Crippen LogP contribution in [0.4, 0.5) is 5.69 Å². The van der Waals surface area contributed by atoms with Crippen LogP contribution in [0.3, 0.4) is 0 Å². The van der Waals surface area contributed by atoms with Crippen LogP contribution in [0.2, 0.25) is 0 Å². The summed E-state index contributed by atoms with van der Waals surface area (Å²) in [7, 11) is 1.71. The Morgan fingerprint density at radius 2 is 1.27 bits per heavy atom. The zero-order valence-corrected chi connectivity index (χ0v) is 15.6. The Balaban J connectivity index is 1.67. The lowest BCUT2D eigenvalue weighted by Gasteiger charge is -2.16. The van der Waals surface area contributed by atoms with Gasteiger partial charge in [0.15, 0.2) is 0 Å². The van der Waals surface area contributed by atoms with Gasteiger partial charge >= 0.3 is 0 Å². The summed E-state index contributed by atoms with van der Waals surface area (Å²) in [6.45, 7) is 0. The van der Waals surface area contributed by atoms with Gasteiger partial charge in [0.2, 0.25) is 0 Å². The van der Waals surface area contributed by atoms with Gasteiger partial charge in [0, 0.05) is 20.8 Å². The molecule has 2 nitrogen and oxygen atoms in total. The van der Waals surface area contributed by atoms with E-state index in [1.807, 2.05) is 16.9 Å². The molecule has 0 N–H and O–H groups in total. The van der Waals surface area contributed by atoms with E-state index in [9.17, 15) is 0 Å². The summed E-state index contributed by atoms with van der Waals surface area (Å²) in [5, 5.41) is 7.35. The molecule has 2 aliphatic rings. The highest BCUT2D eigenvalue weighted by molar-refractivity contribution is 8.86. The summed E-state index contributed by atoms with van der Waals surface area (Å²) >= 11 is 0. The van der Waals surface area contributed by atoms with Gasteiger partial charge in [0.05, 0.1) is 10.6 Å². The summed E-state index contributed by atoms with van der Waals surface area (Å²) in [5.74, 6) is 0. The molecule has 3 aromatic rings. The van der Waals surface area contributed by atoms with E-state index in [4.69, 9.17) is 5.10 Å². The van der Waals surface area contributed by atoms with Gasteiger partial charge in [-0.1, -0.05) is 78.9 Å². The number of rotatable bonds is 3. The summed E-state index contributed by atoms with van der Waals surface area (Å²) in [6.07, 6.45) is 0. The topological polar surface area (TPSA) is 15.6 Å². The van der Waals surface area contributed by atoms with E-state index in [0.29, 0.717) is 0 Å². The Labute approximate surface area is 159 Å². The third kappa shape index (κ3) is 2.62. The van der Waals surface area contributed by atoms with Crippen molar-refractivity contribution >= 4 is 42.3 Å². The molecule has 2 aliphatic heterocycles. The molecule has 0 amide bonds. The second kappa shape index (κ2) is 6.63. The zero-order chi connectivity index (χ0) is 17.3. The van der Waals surface area contributed by atoms with E-state index < -0.39 is 0 Å². The van der Waals surface area contributed by atoms with Crippen LogP contribution in [-0.4, -0.2) is 10.6 Å². The van der Waals surface area contributed by atoms with Gasteiger partial charge in [-0.25, -0.2) is 4.41 Å². The van der Waals surface area contributed by atoms with E-state index in [1.165, 1.54) is 21.6 Å². The quantitative estimate of drug-likeness (QED) is 0.416. The number of nitrogens with zero attached hydrogens (tertiary/aromatic N) is 2. The van der Waals surface area contributed by atoms with Crippen molar-refractivity contribution in [2.24, 2.45) is 5.10 Å². The van der Waals surface area contributed by atoms with Gasteiger partial charge in [-0.05, 0) is 33.9 Å². The Kier molecular flexibility index (Phi) is 4.00. The minimum absolute atomic E-state index is 0.147. The maximum Gasteiger partial charge on any atom is 0.108 e. The monoisotopic (exact) mass is 372 g/mol. The average Bonchev–Trinajstić information content (AvgIpc) is 3.31. The minimum atomic E-state index is -0.147. The fraction of sp³-hybridized carbons (Fsp3) is 0. The molecule has 0 bridgehead atoms. The number of hydrazone groups is 1. The van der Waals surface area contributed by atoms with Gasteiger partial charge in [-0.3, -0.25) is 0 Å². The lowest BCUT2D eigenvalue weighted by atomic mass is 9.98. The van der Waals surface area contributed by atoms with E-state index in [0.717, 1.165) is 11.4 Å². The third-order valence-electron chi connectivity index (χ3n) is 4.35. The van der Waals surface area contributed by atoms with Gasteiger partial charge in [-0.15, -0.1) is 0 Å². The van der Waals surface area contributed by atoms with Crippen molar-refractivity contribution in [3.63, 3.8) is 0 Å². The largest absolute Gasteiger partial charge is 0.202 e. The molecule has 1 unspecified atom stereocenters. The van der Waals surface area contributed by atoms with E-state index in [-0.39, 0.29) is 9.70 Å². The van der Waals surface area contributed by atoms with Crippen molar-refractivity contribution in [2.75, 3.05) is 4.41 Å². The highest BCUT2D eigenvalue weighted by atomic mass is 33.1. The van der Waals surface area contributed by atoms with Crippen LogP contribution in [0.15, 0.2) is 102 Å². The van der Waals surface area contributed by atoms with Crippen LogP contribution in [0, 0.1) is 0 Å². The fourth-order valence-electron chi connectivity index (χ4n) is 3.11. The Morgan fingerprint density at radius 1 is 0.692 bits per heavy atom. The van der Waals surface area contributed by atoms with E-state index >= 15 is 0 Å². The molecule has 5 rings (SSSR count). The molecule has 2 heterocycles. The molecule has 0 saturated heterocycles. The molecule has 0 radical (unpaired) electrons. The first-order valence-corrected chi connectivity index (χ1v) is 11.0. The standard InChI is InChI=1S/C22H16N2S2/c1-4-10-17(11-5-1)20-16-25-26-22(20)21(18-12-6-2-7-13-18)23-24(26)19-14-8-3-9-15-19/h1-16H. The summed E-state index contributed by atoms with van der Waals surface area (Å²) in [4.78, 5) is 1.33. The molecule has 0 aromatic heterocycles. The molecule has 26 heavy (non-hydrogen) atoms. The van der Waals surface area contributed by atoms with Crippen LogP contribution in [0.5, 0.6) is 0 Å². The molecule has 0 saturated carbocycles. The molecule has 3 aromatic carbocycles. The zero-order valence-electron chi connectivity index (χ0n) is 13.9. The molecule has 0 aliphatic carbocycles. The maximum atomic E-state index is 5.05. The number of allylic oxidation sites excluding steroid dienone is 1. The van der Waals surface area contributed by atoms with Crippen molar-refractivity contribution in [1.29, 1.82) is 0 Å². The van der Waals surface area contributed by atoms with Crippen LogP contribution in [-0.2, 0) is 0 Å². The number of hydrogen-bond acceptors (Lipinski definition) is 3. The fourth-order valence-corrected chi connectivity index (χ4v) is 7.10. The Hall–Kier alpha value is -2.56. The predicted molar refractivity (Wildman–Crippen MR) is 117 cm³/mol. The predicted octanol–water partition coefficient (Wildman–Crippen LogP) is 5.97. The van der Waals surface area contributed by atoms with Crippen molar-refractivity contribution < 1.29 is 0 Å². The van der Waals surface area contributed by atoms with Crippen LogP contribution in [0.25, 0.3) is 5.57 Å². The Bertz CT molecular complexity index is 1040. The van der Waals surface area contributed by atoms with Gasteiger partial charge < -0.3 is 0 Å². The van der Waals surface area contributed by atoms with Crippen LogP contribution in [0.1, 0.15) is 11.1 Å². The first-order chi connectivity index (χ1) is 12.9. The van der Waals surface area contributed by atoms with Crippen molar-refractivity contribution in [1.82, 2.24) is 0 Å². The van der Waals surface area contributed by atoms with E-state index in [2.05, 4.69) is 94.8 Å². The SMILES string of the molecule is C1=C(c2ccccc2)C2=S(S1)N(c1ccccc1)N=C2c1ccccc1. The average molecular weight is 373 g/mol. The van der Waals surface area contributed by atoms with Crippen molar-refractivity contribution in [3.8, 4) is 0 Å². The van der Waals surface area contributed by atoms with Gasteiger partial charge in [-0.2, -0.15) is 5.10 Å². The highest BCUT2D eigenvalue weighted by Crippen LogP contribution is 2.52. The second-order valence-corrected chi connectivity index (χ2v) is 9.20. The van der Waals surface area contributed by atoms with Crippen LogP contribution >= 0.6 is 20.5 Å². The molecule has 0 fully saturated rings. The smallest absolute Gasteiger partial charge is 0.108 e. The maximum absolute atomic E-state index is 5.05. The minimum Gasteiger partial charge on any atom is -0.202 e. The number of benzene rings is 3. The third-order valence-corrected chi connectivity index (χ3v) is 7.99. The summed E-state index contributed by atoms with van der Waals surface area (Å²) in [6, 6.07) is 31.6. The molecule has 0 spiro atoms. The lowest BCUT2D eigenvalue weighted by molar-refractivity contribution is 1.22. The van der Waals surface area contributed by atoms with Gasteiger partial charge in [0.25, 0.3) is 0 Å². The van der Waals surface area contributed by atoms with Crippen molar-refractivity contribution in [3.05, 3.63) is 108 Å².